The van der Waals surface area contributed by atoms with Crippen molar-refractivity contribution in [2.45, 2.75) is 13.3 Å². The van der Waals surface area contributed by atoms with E-state index in [1.807, 2.05) is 38.2 Å². The molecule has 0 fully saturated rings. The third-order valence-corrected chi connectivity index (χ3v) is 2.61. The minimum Gasteiger partial charge on any atom is -0.372 e. The van der Waals surface area contributed by atoms with Crippen molar-refractivity contribution in [3.05, 3.63) is 30.6 Å². The molecule has 0 aliphatic heterocycles. The molecule has 0 aliphatic rings. The Bertz CT molecular complexity index is 563. The summed E-state index contributed by atoms with van der Waals surface area (Å²) in [7, 11) is 1.82. The van der Waals surface area contributed by atoms with Gasteiger partial charge >= 0.3 is 0 Å². The maximum absolute atomic E-state index is 11.6. The van der Waals surface area contributed by atoms with Gasteiger partial charge in [0.05, 0.1) is 0 Å². The van der Waals surface area contributed by atoms with Crippen LogP contribution in [0, 0.1) is 0 Å². The molecule has 2 aromatic rings. The Hall–Kier alpha value is -2.21. The van der Waals surface area contributed by atoms with Crippen molar-refractivity contribution in [1.29, 1.82) is 0 Å². The molecule has 6 heteroatoms. The van der Waals surface area contributed by atoms with Crippen LogP contribution in [-0.2, 0) is 16.6 Å². The molecular formula is C14H18N4O2. The number of anilines is 1. The standard InChI is InChI=1S/C14H18N4O2/c1-3-8-20-9-13(19)16-12-6-4-11(5-7-12)14-15-10-18(2)17-14/h4-7,10H,3,8-9H2,1-2H3,(H,16,19). The lowest BCUT2D eigenvalue weighted by Crippen LogP contribution is -2.18. The lowest BCUT2D eigenvalue weighted by atomic mass is 10.2. The van der Waals surface area contributed by atoms with E-state index in [4.69, 9.17) is 4.74 Å². The fourth-order valence-electron chi connectivity index (χ4n) is 1.68. The molecule has 0 saturated carbocycles. The highest BCUT2D eigenvalue weighted by Crippen LogP contribution is 2.17. The van der Waals surface area contributed by atoms with Crippen LogP contribution in [0.2, 0.25) is 0 Å². The predicted molar refractivity (Wildman–Crippen MR) is 76.2 cm³/mol. The Morgan fingerprint density at radius 3 is 2.70 bits per heavy atom. The molecule has 1 aromatic carbocycles. The molecule has 0 radical (unpaired) electrons. The van der Waals surface area contributed by atoms with Crippen molar-refractivity contribution < 1.29 is 9.53 Å². The second-order valence-corrected chi connectivity index (χ2v) is 4.42. The monoisotopic (exact) mass is 274 g/mol. The predicted octanol–water partition coefficient (Wildman–Crippen LogP) is 1.85. The third-order valence-electron chi connectivity index (χ3n) is 2.61. The highest BCUT2D eigenvalue weighted by atomic mass is 16.5. The fraction of sp³-hybridized carbons (Fsp3) is 0.357. The van der Waals surface area contributed by atoms with Crippen molar-refractivity contribution in [1.82, 2.24) is 14.8 Å². The number of rotatable bonds is 6. The van der Waals surface area contributed by atoms with E-state index >= 15 is 0 Å². The van der Waals surface area contributed by atoms with E-state index < -0.39 is 0 Å². The summed E-state index contributed by atoms with van der Waals surface area (Å²) < 4.78 is 6.83. The summed E-state index contributed by atoms with van der Waals surface area (Å²) in [4.78, 5) is 15.8. The third kappa shape index (κ3) is 3.89. The second kappa shape index (κ2) is 6.81. The van der Waals surface area contributed by atoms with E-state index in [0.717, 1.165) is 17.7 Å². The Labute approximate surface area is 117 Å². The van der Waals surface area contributed by atoms with Gasteiger partial charge in [-0.3, -0.25) is 9.48 Å². The number of aromatic nitrogens is 3. The van der Waals surface area contributed by atoms with E-state index in [1.165, 1.54) is 0 Å². The van der Waals surface area contributed by atoms with Gasteiger partial charge in [-0.1, -0.05) is 6.92 Å². The number of aryl methyl sites for hydroxylation is 1. The van der Waals surface area contributed by atoms with Crippen LogP contribution < -0.4 is 5.32 Å². The van der Waals surface area contributed by atoms with Gasteiger partial charge in [0.15, 0.2) is 5.82 Å². The van der Waals surface area contributed by atoms with Crippen LogP contribution in [0.25, 0.3) is 11.4 Å². The van der Waals surface area contributed by atoms with Crippen LogP contribution in [0.1, 0.15) is 13.3 Å². The number of carbonyl (C=O) groups excluding carboxylic acids is 1. The van der Waals surface area contributed by atoms with Crippen molar-refractivity contribution in [2.75, 3.05) is 18.5 Å². The quantitative estimate of drug-likeness (QED) is 0.816. The molecule has 0 atom stereocenters. The summed E-state index contributed by atoms with van der Waals surface area (Å²) in [5, 5.41) is 6.99. The molecule has 0 bridgehead atoms. The van der Waals surface area contributed by atoms with E-state index in [-0.39, 0.29) is 12.5 Å². The molecular weight excluding hydrogens is 256 g/mol. The van der Waals surface area contributed by atoms with Crippen LogP contribution in [0.15, 0.2) is 30.6 Å². The van der Waals surface area contributed by atoms with Crippen molar-refractivity contribution >= 4 is 11.6 Å². The van der Waals surface area contributed by atoms with Crippen LogP contribution in [-0.4, -0.2) is 33.9 Å². The number of benzene rings is 1. The maximum atomic E-state index is 11.6. The first kappa shape index (κ1) is 14.2. The summed E-state index contributed by atoms with van der Waals surface area (Å²) in [6, 6.07) is 7.39. The second-order valence-electron chi connectivity index (χ2n) is 4.42. The zero-order chi connectivity index (χ0) is 14.4. The normalized spacial score (nSPS) is 10.5. The zero-order valence-corrected chi connectivity index (χ0v) is 11.7. The Kier molecular flexibility index (Phi) is 4.84. The number of amides is 1. The molecule has 1 aromatic heterocycles. The number of hydrogen-bond donors (Lipinski definition) is 1. The molecule has 0 unspecified atom stereocenters. The molecule has 0 spiro atoms. The van der Waals surface area contributed by atoms with Gasteiger partial charge in [0.2, 0.25) is 5.91 Å². The van der Waals surface area contributed by atoms with Gasteiger partial charge in [0, 0.05) is 24.9 Å². The minimum atomic E-state index is -0.151. The lowest BCUT2D eigenvalue weighted by Gasteiger charge is -2.06. The molecule has 2 rings (SSSR count). The van der Waals surface area contributed by atoms with Gasteiger partial charge in [-0.15, -0.1) is 0 Å². The molecule has 20 heavy (non-hydrogen) atoms. The van der Waals surface area contributed by atoms with Crippen LogP contribution >= 0.6 is 0 Å². The average Bonchev–Trinajstić information content (AvgIpc) is 2.86. The van der Waals surface area contributed by atoms with Crippen LogP contribution in [0.5, 0.6) is 0 Å². The van der Waals surface area contributed by atoms with E-state index in [0.29, 0.717) is 12.4 Å². The molecule has 1 heterocycles. The van der Waals surface area contributed by atoms with Crippen molar-refractivity contribution in [3.63, 3.8) is 0 Å². The fourth-order valence-corrected chi connectivity index (χ4v) is 1.68. The summed E-state index contributed by atoms with van der Waals surface area (Å²) in [5.41, 5.74) is 1.64. The molecule has 1 N–H and O–H groups in total. The number of nitrogens with zero attached hydrogens (tertiary/aromatic N) is 3. The van der Waals surface area contributed by atoms with Gasteiger partial charge in [-0.25, -0.2) is 4.98 Å². The Morgan fingerprint density at radius 1 is 1.35 bits per heavy atom. The minimum absolute atomic E-state index is 0.0807. The largest absolute Gasteiger partial charge is 0.372 e. The van der Waals surface area contributed by atoms with E-state index in [1.54, 1.807) is 11.0 Å². The molecule has 0 aliphatic carbocycles. The first-order valence-corrected chi connectivity index (χ1v) is 6.52. The summed E-state index contributed by atoms with van der Waals surface area (Å²) in [6.45, 7) is 2.68. The van der Waals surface area contributed by atoms with Crippen molar-refractivity contribution in [2.24, 2.45) is 7.05 Å². The summed E-state index contributed by atoms with van der Waals surface area (Å²) in [5.74, 6) is 0.513. The highest BCUT2D eigenvalue weighted by Gasteiger charge is 2.05. The Balaban J connectivity index is 1.93. The number of ether oxygens (including phenoxy) is 1. The SMILES string of the molecule is CCCOCC(=O)Nc1ccc(-c2ncn(C)n2)cc1. The summed E-state index contributed by atoms with van der Waals surface area (Å²) >= 11 is 0. The van der Waals surface area contributed by atoms with Gasteiger partial charge < -0.3 is 10.1 Å². The van der Waals surface area contributed by atoms with Crippen molar-refractivity contribution in [3.8, 4) is 11.4 Å². The molecule has 0 saturated heterocycles. The topological polar surface area (TPSA) is 69.0 Å². The van der Waals surface area contributed by atoms with Gasteiger partial charge in [0.1, 0.15) is 12.9 Å². The average molecular weight is 274 g/mol. The maximum Gasteiger partial charge on any atom is 0.250 e. The van der Waals surface area contributed by atoms with Crippen LogP contribution in [0.4, 0.5) is 5.69 Å². The van der Waals surface area contributed by atoms with Gasteiger partial charge in [0.25, 0.3) is 0 Å². The molecule has 6 nitrogen and oxygen atoms in total. The Morgan fingerprint density at radius 2 is 2.10 bits per heavy atom. The van der Waals surface area contributed by atoms with Crippen LogP contribution in [0.3, 0.4) is 0 Å². The van der Waals surface area contributed by atoms with E-state index in [2.05, 4.69) is 15.4 Å². The van der Waals surface area contributed by atoms with Gasteiger partial charge in [-0.2, -0.15) is 5.10 Å². The number of nitrogens with one attached hydrogen (secondary N) is 1. The zero-order valence-electron chi connectivity index (χ0n) is 11.7. The number of carbonyl (C=O) groups is 1. The highest BCUT2D eigenvalue weighted by molar-refractivity contribution is 5.91. The summed E-state index contributed by atoms with van der Waals surface area (Å²) in [6.07, 6.45) is 2.55. The van der Waals surface area contributed by atoms with Gasteiger partial charge in [-0.05, 0) is 30.7 Å². The van der Waals surface area contributed by atoms with E-state index in [9.17, 15) is 4.79 Å². The first-order valence-electron chi connectivity index (χ1n) is 6.52. The molecule has 106 valence electrons. The lowest BCUT2D eigenvalue weighted by molar-refractivity contribution is -0.120. The molecule has 1 amide bonds. The first-order chi connectivity index (χ1) is 9.69. The number of hydrogen-bond acceptors (Lipinski definition) is 4. The smallest absolute Gasteiger partial charge is 0.250 e.